The van der Waals surface area contributed by atoms with Gasteiger partial charge in [0.25, 0.3) is 5.56 Å². The third kappa shape index (κ3) is 2.01. The smallest absolute Gasteiger partial charge is 0.308 e. The first-order valence-electron chi connectivity index (χ1n) is 6.45. The molecule has 0 saturated carbocycles. The van der Waals surface area contributed by atoms with E-state index in [2.05, 4.69) is 16.0 Å². The van der Waals surface area contributed by atoms with Gasteiger partial charge in [-0.2, -0.15) is 0 Å². The summed E-state index contributed by atoms with van der Waals surface area (Å²) in [7, 11) is 0. The Kier molecular flexibility index (Phi) is 2.89. The molecule has 0 radical (unpaired) electrons. The van der Waals surface area contributed by atoms with Crippen molar-refractivity contribution in [2.75, 3.05) is 0 Å². The number of rotatable bonds is 3. The van der Waals surface area contributed by atoms with Crippen molar-refractivity contribution < 1.29 is 9.90 Å². The normalized spacial score (nSPS) is 16.4. The highest BCUT2D eigenvalue weighted by Gasteiger charge is 2.29. The number of aromatic amines is 1. The summed E-state index contributed by atoms with van der Waals surface area (Å²) in [5.74, 6) is -0.293. The molecule has 1 aromatic heterocycles. The summed E-state index contributed by atoms with van der Waals surface area (Å²) in [6, 6.07) is 8.06. The van der Waals surface area contributed by atoms with Crippen LogP contribution < -0.4 is 5.56 Å². The molecule has 1 aliphatic rings. The van der Waals surface area contributed by atoms with E-state index in [9.17, 15) is 9.59 Å². The van der Waals surface area contributed by atoms with Gasteiger partial charge in [0.1, 0.15) is 5.82 Å². The van der Waals surface area contributed by atoms with Gasteiger partial charge in [0.05, 0.1) is 6.42 Å². The van der Waals surface area contributed by atoms with Crippen molar-refractivity contribution in [2.24, 2.45) is 0 Å². The van der Waals surface area contributed by atoms with Crippen LogP contribution in [0, 0.1) is 6.92 Å². The number of fused-ring (bicyclic) bond motifs is 1. The first-order valence-corrected chi connectivity index (χ1v) is 6.45. The second-order valence-corrected chi connectivity index (χ2v) is 5.04. The second kappa shape index (κ2) is 4.59. The second-order valence-electron chi connectivity index (χ2n) is 5.04. The number of nitrogens with one attached hydrogen (secondary N) is 1. The van der Waals surface area contributed by atoms with E-state index in [4.69, 9.17) is 5.11 Å². The van der Waals surface area contributed by atoms with Gasteiger partial charge in [-0.15, -0.1) is 0 Å². The highest BCUT2D eigenvalue weighted by Crippen LogP contribution is 2.37. The Labute approximate surface area is 115 Å². The van der Waals surface area contributed by atoms with E-state index in [0.717, 1.165) is 6.42 Å². The zero-order chi connectivity index (χ0) is 14.3. The van der Waals surface area contributed by atoms with Crippen LogP contribution in [0.3, 0.4) is 0 Å². The SMILES string of the molecule is Cc1nc(C2Cc3ccccc32)[nH]c(=O)c1CC(=O)O. The van der Waals surface area contributed by atoms with Crippen LogP contribution in [0.25, 0.3) is 0 Å². The van der Waals surface area contributed by atoms with Gasteiger partial charge in [-0.3, -0.25) is 9.59 Å². The van der Waals surface area contributed by atoms with Gasteiger partial charge < -0.3 is 10.1 Å². The Morgan fingerprint density at radius 1 is 1.45 bits per heavy atom. The molecule has 0 aliphatic heterocycles. The van der Waals surface area contributed by atoms with Crippen LogP contribution in [0.1, 0.15) is 34.1 Å². The number of nitrogens with zero attached hydrogens (tertiary/aromatic N) is 1. The predicted octanol–water partition coefficient (Wildman–Crippen LogP) is 1.39. The average Bonchev–Trinajstić information content (AvgIpc) is 2.35. The van der Waals surface area contributed by atoms with Gasteiger partial charge in [0, 0.05) is 17.2 Å². The molecule has 0 amide bonds. The fourth-order valence-corrected chi connectivity index (χ4v) is 2.66. The minimum atomic E-state index is -1.03. The van der Waals surface area contributed by atoms with Crippen molar-refractivity contribution in [3.05, 3.63) is 62.8 Å². The molecule has 1 aliphatic carbocycles. The van der Waals surface area contributed by atoms with Gasteiger partial charge >= 0.3 is 5.97 Å². The Bertz CT molecular complexity index is 749. The van der Waals surface area contributed by atoms with Crippen LogP contribution in [0.15, 0.2) is 29.1 Å². The zero-order valence-electron chi connectivity index (χ0n) is 11.0. The van der Waals surface area contributed by atoms with Crippen LogP contribution >= 0.6 is 0 Å². The largest absolute Gasteiger partial charge is 0.481 e. The molecule has 0 spiro atoms. The number of carbonyl (C=O) groups is 1. The number of carboxylic acid groups (broad SMARTS) is 1. The highest BCUT2D eigenvalue weighted by molar-refractivity contribution is 5.70. The van der Waals surface area contributed by atoms with Crippen molar-refractivity contribution in [3.8, 4) is 0 Å². The van der Waals surface area contributed by atoms with Crippen molar-refractivity contribution >= 4 is 5.97 Å². The number of aryl methyl sites for hydroxylation is 1. The predicted molar refractivity (Wildman–Crippen MR) is 72.9 cm³/mol. The monoisotopic (exact) mass is 270 g/mol. The topological polar surface area (TPSA) is 83.0 Å². The summed E-state index contributed by atoms with van der Waals surface area (Å²) < 4.78 is 0. The Hall–Kier alpha value is -2.43. The van der Waals surface area contributed by atoms with Crippen LogP contribution in [0.5, 0.6) is 0 Å². The quantitative estimate of drug-likeness (QED) is 0.883. The lowest BCUT2D eigenvalue weighted by Gasteiger charge is -2.29. The summed E-state index contributed by atoms with van der Waals surface area (Å²) in [5, 5.41) is 8.80. The molecule has 20 heavy (non-hydrogen) atoms. The lowest BCUT2D eigenvalue weighted by molar-refractivity contribution is -0.136. The molecule has 5 heteroatoms. The number of benzene rings is 1. The number of H-pyrrole nitrogens is 1. The van der Waals surface area contributed by atoms with Crippen LogP contribution in [0.2, 0.25) is 0 Å². The molecular formula is C15H14N2O3. The molecule has 3 rings (SSSR count). The summed E-state index contributed by atoms with van der Waals surface area (Å²) in [4.78, 5) is 29.9. The van der Waals surface area contributed by atoms with Crippen LogP contribution in [-0.4, -0.2) is 21.0 Å². The number of aliphatic carboxylic acids is 1. The minimum absolute atomic E-state index is 0.108. The van der Waals surface area contributed by atoms with Crippen molar-refractivity contribution in [3.63, 3.8) is 0 Å². The maximum Gasteiger partial charge on any atom is 0.308 e. The molecule has 2 N–H and O–H groups in total. The molecule has 102 valence electrons. The van der Waals surface area contributed by atoms with E-state index >= 15 is 0 Å². The molecule has 0 fully saturated rings. The maximum atomic E-state index is 12.0. The Morgan fingerprint density at radius 2 is 2.20 bits per heavy atom. The minimum Gasteiger partial charge on any atom is -0.481 e. The van der Waals surface area contributed by atoms with Crippen molar-refractivity contribution in [1.82, 2.24) is 9.97 Å². The fraction of sp³-hybridized carbons (Fsp3) is 0.267. The summed E-state index contributed by atoms with van der Waals surface area (Å²) in [6.07, 6.45) is 0.562. The molecule has 2 aromatic rings. The van der Waals surface area contributed by atoms with Crippen LogP contribution in [-0.2, 0) is 17.6 Å². The van der Waals surface area contributed by atoms with E-state index < -0.39 is 5.97 Å². The van der Waals surface area contributed by atoms with E-state index in [1.54, 1.807) is 6.92 Å². The lowest BCUT2D eigenvalue weighted by Crippen LogP contribution is -2.27. The van der Waals surface area contributed by atoms with E-state index in [1.807, 2.05) is 18.2 Å². The molecule has 0 saturated heterocycles. The van der Waals surface area contributed by atoms with Crippen LogP contribution in [0.4, 0.5) is 0 Å². The third-order valence-electron chi connectivity index (χ3n) is 3.75. The molecule has 1 atom stereocenters. The number of hydrogen-bond acceptors (Lipinski definition) is 3. The summed E-state index contributed by atoms with van der Waals surface area (Å²) >= 11 is 0. The third-order valence-corrected chi connectivity index (χ3v) is 3.75. The molecule has 5 nitrogen and oxygen atoms in total. The summed E-state index contributed by atoms with van der Waals surface area (Å²) in [5.41, 5.74) is 2.83. The van der Waals surface area contributed by atoms with Crippen molar-refractivity contribution in [2.45, 2.75) is 25.7 Å². The molecule has 1 heterocycles. The molecule has 0 bridgehead atoms. The van der Waals surface area contributed by atoms with E-state index in [0.29, 0.717) is 11.5 Å². The number of hydrogen-bond donors (Lipinski definition) is 2. The Balaban J connectivity index is 1.98. The van der Waals surface area contributed by atoms with E-state index in [1.165, 1.54) is 11.1 Å². The Morgan fingerprint density at radius 3 is 2.85 bits per heavy atom. The highest BCUT2D eigenvalue weighted by atomic mass is 16.4. The standard InChI is InChI=1S/C15H14N2O3/c1-8-11(7-13(18)19)15(20)17-14(16-8)12-6-9-4-2-3-5-10(9)12/h2-5,12H,6-7H2,1H3,(H,18,19)(H,16,17,20). The first-order chi connectivity index (χ1) is 9.56. The number of aromatic nitrogens is 2. The average molecular weight is 270 g/mol. The maximum absolute atomic E-state index is 12.0. The van der Waals surface area contributed by atoms with Gasteiger partial charge in [-0.1, -0.05) is 24.3 Å². The van der Waals surface area contributed by atoms with Gasteiger partial charge in [-0.25, -0.2) is 4.98 Å². The van der Waals surface area contributed by atoms with Crippen molar-refractivity contribution in [1.29, 1.82) is 0 Å². The molecule has 1 aromatic carbocycles. The number of carboxylic acids is 1. The first kappa shape index (κ1) is 12.6. The van der Waals surface area contributed by atoms with Gasteiger partial charge in [-0.05, 0) is 24.5 Å². The zero-order valence-corrected chi connectivity index (χ0v) is 11.0. The van der Waals surface area contributed by atoms with Gasteiger partial charge in [0.2, 0.25) is 0 Å². The molecule has 1 unspecified atom stereocenters. The summed E-state index contributed by atoms with van der Waals surface area (Å²) in [6.45, 7) is 1.68. The molecular weight excluding hydrogens is 256 g/mol. The lowest BCUT2D eigenvalue weighted by atomic mass is 9.77. The van der Waals surface area contributed by atoms with E-state index in [-0.39, 0.29) is 23.5 Å². The van der Waals surface area contributed by atoms with Gasteiger partial charge in [0.15, 0.2) is 0 Å². The fourth-order valence-electron chi connectivity index (χ4n) is 2.66.